The molecular weight excluding hydrogens is 540 g/mol. The van der Waals surface area contributed by atoms with Gasteiger partial charge >= 0.3 is 0 Å². The standard InChI is InChI=1S/C40H78N2O2/c1-3-5-7-9-11-13-15-17-19-21-23-25-27-29-31-33-39(43)41-35-37-42(38-36-41)40(44)34-32-30-28-26-24-22-20-18-16-14-12-10-8-6-4-2/h3-38H2,1-2H3. The molecule has 1 heterocycles. The lowest BCUT2D eigenvalue weighted by molar-refractivity contribution is -0.139. The van der Waals surface area contributed by atoms with Crippen molar-refractivity contribution in [1.29, 1.82) is 0 Å². The molecule has 44 heavy (non-hydrogen) atoms. The first-order valence-electron chi connectivity index (χ1n) is 20.2. The lowest BCUT2D eigenvalue weighted by Gasteiger charge is -2.35. The number of hydrogen-bond acceptors (Lipinski definition) is 2. The SMILES string of the molecule is CCCCCCCCCCCCCCCCCC(=O)N1CCN(C(=O)CCCCCCCCCCCCCCCCC)CC1. The van der Waals surface area contributed by atoms with Crippen LogP contribution >= 0.6 is 0 Å². The number of amides is 2. The number of unbranched alkanes of at least 4 members (excludes halogenated alkanes) is 28. The molecule has 1 aliphatic rings. The van der Waals surface area contributed by atoms with E-state index in [9.17, 15) is 9.59 Å². The third-order valence-electron chi connectivity index (χ3n) is 9.97. The molecule has 0 N–H and O–H groups in total. The topological polar surface area (TPSA) is 40.6 Å². The average molecular weight is 619 g/mol. The van der Waals surface area contributed by atoms with E-state index in [0.717, 1.165) is 39.0 Å². The van der Waals surface area contributed by atoms with E-state index in [4.69, 9.17) is 0 Å². The molecule has 1 aliphatic heterocycles. The lowest BCUT2D eigenvalue weighted by atomic mass is 10.0. The Morgan fingerprint density at radius 1 is 0.318 bits per heavy atom. The van der Waals surface area contributed by atoms with Crippen molar-refractivity contribution < 1.29 is 9.59 Å². The van der Waals surface area contributed by atoms with Crippen LogP contribution in [0.4, 0.5) is 0 Å². The Morgan fingerprint density at radius 3 is 0.705 bits per heavy atom. The van der Waals surface area contributed by atoms with Crippen molar-refractivity contribution in [3.63, 3.8) is 0 Å². The van der Waals surface area contributed by atoms with Gasteiger partial charge in [0.1, 0.15) is 0 Å². The van der Waals surface area contributed by atoms with Gasteiger partial charge in [0.15, 0.2) is 0 Å². The van der Waals surface area contributed by atoms with E-state index in [0.29, 0.717) is 24.7 Å². The molecule has 0 aliphatic carbocycles. The van der Waals surface area contributed by atoms with Crippen molar-refractivity contribution in [2.45, 2.75) is 219 Å². The monoisotopic (exact) mass is 619 g/mol. The fourth-order valence-corrected chi connectivity index (χ4v) is 6.82. The first-order valence-corrected chi connectivity index (χ1v) is 20.2. The molecule has 1 fully saturated rings. The van der Waals surface area contributed by atoms with Gasteiger partial charge < -0.3 is 9.80 Å². The molecule has 1 saturated heterocycles. The van der Waals surface area contributed by atoms with Gasteiger partial charge in [0.25, 0.3) is 0 Å². The first kappa shape index (κ1) is 41.0. The van der Waals surface area contributed by atoms with Crippen molar-refractivity contribution in [2.75, 3.05) is 26.2 Å². The summed E-state index contributed by atoms with van der Waals surface area (Å²) in [6.07, 6.45) is 41.9. The molecule has 2 amide bonds. The van der Waals surface area contributed by atoms with E-state index < -0.39 is 0 Å². The number of nitrogens with zero attached hydrogens (tertiary/aromatic N) is 2. The molecule has 260 valence electrons. The van der Waals surface area contributed by atoms with Gasteiger partial charge in [-0.2, -0.15) is 0 Å². The molecule has 0 spiro atoms. The van der Waals surface area contributed by atoms with Crippen molar-refractivity contribution in [3.05, 3.63) is 0 Å². The first-order chi connectivity index (χ1) is 21.7. The van der Waals surface area contributed by atoms with Gasteiger partial charge in [-0.1, -0.05) is 194 Å². The fraction of sp³-hybridized carbons (Fsp3) is 0.950. The molecule has 4 heteroatoms. The van der Waals surface area contributed by atoms with Crippen LogP contribution in [-0.2, 0) is 9.59 Å². The van der Waals surface area contributed by atoms with E-state index in [2.05, 4.69) is 13.8 Å². The number of hydrogen-bond donors (Lipinski definition) is 0. The Morgan fingerprint density at radius 2 is 0.500 bits per heavy atom. The summed E-state index contributed by atoms with van der Waals surface area (Å²) in [7, 11) is 0. The van der Waals surface area contributed by atoms with Crippen LogP contribution < -0.4 is 0 Å². The minimum Gasteiger partial charge on any atom is -0.339 e. The van der Waals surface area contributed by atoms with Crippen molar-refractivity contribution in [1.82, 2.24) is 9.80 Å². The maximum absolute atomic E-state index is 12.7. The summed E-state index contributed by atoms with van der Waals surface area (Å²) in [5.41, 5.74) is 0. The zero-order chi connectivity index (χ0) is 31.8. The predicted molar refractivity (Wildman–Crippen MR) is 192 cm³/mol. The van der Waals surface area contributed by atoms with Gasteiger partial charge in [0, 0.05) is 39.0 Å². The van der Waals surface area contributed by atoms with Crippen molar-refractivity contribution in [3.8, 4) is 0 Å². The van der Waals surface area contributed by atoms with Gasteiger partial charge in [0.05, 0.1) is 0 Å². The molecule has 0 aromatic rings. The van der Waals surface area contributed by atoms with Crippen molar-refractivity contribution in [2.24, 2.45) is 0 Å². The Balaban J connectivity index is 1.86. The van der Waals surface area contributed by atoms with Crippen LogP contribution in [0.25, 0.3) is 0 Å². The molecule has 0 radical (unpaired) electrons. The van der Waals surface area contributed by atoms with E-state index in [1.165, 1.54) is 180 Å². The van der Waals surface area contributed by atoms with E-state index in [1.54, 1.807) is 0 Å². The Bertz CT molecular complexity index is 575. The molecule has 1 rings (SSSR count). The predicted octanol–water partition coefficient (Wildman–Crippen LogP) is 12.2. The zero-order valence-electron chi connectivity index (χ0n) is 30.2. The minimum atomic E-state index is 0.300. The third kappa shape index (κ3) is 25.2. The maximum atomic E-state index is 12.7. The van der Waals surface area contributed by atoms with Crippen LogP contribution in [0.5, 0.6) is 0 Å². The number of carbonyl (C=O) groups is 2. The molecule has 0 atom stereocenters. The highest BCUT2D eigenvalue weighted by Crippen LogP contribution is 2.16. The van der Waals surface area contributed by atoms with E-state index in [-0.39, 0.29) is 0 Å². The van der Waals surface area contributed by atoms with Crippen molar-refractivity contribution >= 4 is 11.8 Å². The van der Waals surface area contributed by atoms with Crippen LogP contribution in [0, 0.1) is 0 Å². The van der Waals surface area contributed by atoms with Crippen LogP contribution in [0.15, 0.2) is 0 Å². The van der Waals surface area contributed by atoms with E-state index >= 15 is 0 Å². The average Bonchev–Trinajstić information content (AvgIpc) is 3.04. The van der Waals surface area contributed by atoms with Gasteiger partial charge in [-0.05, 0) is 12.8 Å². The molecule has 0 aromatic heterocycles. The summed E-state index contributed by atoms with van der Waals surface area (Å²) in [5, 5.41) is 0. The summed E-state index contributed by atoms with van der Waals surface area (Å²) in [6.45, 7) is 7.47. The fourth-order valence-electron chi connectivity index (χ4n) is 6.82. The van der Waals surface area contributed by atoms with Gasteiger partial charge in [-0.3, -0.25) is 9.59 Å². The second-order valence-electron chi connectivity index (χ2n) is 14.2. The second kappa shape index (κ2) is 31.9. The molecule has 0 aromatic carbocycles. The molecule has 0 bridgehead atoms. The number of rotatable bonds is 32. The molecule has 4 nitrogen and oxygen atoms in total. The van der Waals surface area contributed by atoms with Gasteiger partial charge in [0.2, 0.25) is 11.8 Å². The van der Waals surface area contributed by atoms with Gasteiger partial charge in [-0.25, -0.2) is 0 Å². The highest BCUT2D eigenvalue weighted by molar-refractivity contribution is 5.78. The zero-order valence-corrected chi connectivity index (χ0v) is 30.2. The van der Waals surface area contributed by atoms with Crippen LogP contribution in [0.1, 0.15) is 219 Å². The summed E-state index contributed by atoms with van der Waals surface area (Å²) >= 11 is 0. The van der Waals surface area contributed by atoms with E-state index in [1.807, 2.05) is 9.80 Å². The third-order valence-corrected chi connectivity index (χ3v) is 9.97. The smallest absolute Gasteiger partial charge is 0.222 e. The summed E-state index contributed by atoms with van der Waals surface area (Å²) < 4.78 is 0. The summed E-state index contributed by atoms with van der Waals surface area (Å²) in [4.78, 5) is 29.3. The maximum Gasteiger partial charge on any atom is 0.222 e. The lowest BCUT2D eigenvalue weighted by Crippen LogP contribution is -2.50. The molecule has 0 saturated carbocycles. The van der Waals surface area contributed by atoms with Crippen LogP contribution in [0.2, 0.25) is 0 Å². The van der Waals surface area contributed by atoms with Crippen LogP contribution in [-0.4, -0.2) is 47.8 Å². The Hall–Kier alpha value is -1.06. The Labute approximate surface area is 276 Å². The van der Waals surface area contributed by atoms with Gasteiger partial charge in [-0.15, -0.1) is 0 Å². The summed E-state index contributed by atoms with van der Waals surface area (Å²) in [6, 6.07) is 0. The Kier molecular flexibility index (Phi) is 29.7. The van der Waals surface area contributed by atoms with Crippen LogP contribution in [0.3, 0.4) is 0 Å². The normalized spacial score (nSPS) is 13.6. The second-order valence-corrected chi connectivity index (χ2v) is 14.2. The number of carbonyl (C=O) groups excluding carboxylic acids is 2. The molecular formula is C40H78N2O2. The highest BCUT2D eigenvalue weighted by Gasteiger charge is 2.23. The highest BCUT2D eigenvalue weighted by atomic mass is 16.2. The summed E-state index contributed by atoms with van der Waals surface area (Å²) in [5.74, 6) is 0.600. The minimum absolute atomic E-state index is 0.300. The number of piperazine rings is 1. The molecule has 0 unspecified atom stereocenters. The largest absolute Gasteiger partial charge is 0.339 e. The quantitative estimate of drug-likeness (QED) is 0.0704.